The number of benzene rings is 1. The summed E-state index contributed by atoms with van der Waals surface area (Å²) >= 11 is 0. The summed E-state index contributed by atoms with van der Waals surface area (Å²) in [7, 11) is 0. The van der Waals surface area contributed by atoms with E-state index in [0.29, 0.717) is 24.0 Å². The van der Waals surface area contributed by atoms with Gasteiger partial charge < -0.3 is 9.80 Å². The normalized spacial score (nSPS) is 22.7. The lowest BCUT2D eigenvalue weighted by Crippen LogP contribution is -2.38. The Labute approximate surface area is 174 Å². The van der Waals surface area contributed by atoms with Crippen molar-refractivity contribution in [3.05, 3.63) is 72.4 Å². The molecule has 0 bridgehead atoms. The van der Waals surface area contributed by atoms with Gasteiger partial charge in [0.15, 0.2) is 11.5 Å². The van der Waals surface area contributed by atoms with Gasteiger partial charge in [0.25, 0.3) is 0 Å². The van der Waals surface area contributed by atoms with Crippen molar-refractivity contribution >= 4 is 11.7 Å². The lowest BCUT2D eigenvalue weighted by atomic mass is 9.89. The van der Waals surface area contributed by atoms with E-state index in [0.717, 1.165) is 18.7 Å². The van der Waals surface area contributed by atoms with E-state index in [1.165, 1.54) is 0 Å². The number of nitrogens with zero attached hydrogens (tertiary/aromatic N) is 7. The summed E-state index contributed by atoms with van der Waals surface area (Å²) in [5.74, 6) is 1.29. The third-order valence-corrected chi connectivity index (χ3v) is 6.07. The van der Waals surface area contributed by atoms with Crippen molar-refractivity contribution in [1.29, 1.82) is 5.26 Å². The van der Waals surface area contributed by atoms with Crippen LogP contribution in [0.5, 0.6) is 0 Å². The molecule has 0 aliphatic carbocycles. The van der Waals surface area contributed by atoms with E-state index in [9.17, 15) is 10.1 Å². The second kappa shape index (κ2) is 7.59. The molecule has 0 unspecified atom stereocenters. The summed E-state index contributed by atoms with van der Waals surface area (Å²) in [4.78, 5) is 25.9. The van der Waals surface area contributed by atoms with Crippen LogP contribution in [0, 0.1) is 23.2 Å². The minimum atomic E-state index is -0.00790. The van der Waals surface area contributed by atoms with Crippen LogP contribution < -0.4 is 4.90 Å². The van der Waals surface area contributed by atoms with Crippen LogP contribution >= 0.6 is 0 Å². The molecular formula is C22H21N7O. The van der Waals surface area contributed by atoms with Gasteiger partial charge in [-0.1, -0.05) is 30.3 Å². The molecular weight excluding hydrogens is 378 g/mol. The highest BCUT2D eigenvalue weighted by Gasteiger charge is 2.49. The molecule has 150 valence electrons. The summed E-state index contributed by atoms with van der Waals surface area (Å²) in [5, 5.41) is 13.6. The number of amides is 1. The number of anilines is 1. The molecule has 2 aromatic heterocycles. The van der Waals surface area contributed by atoms with E-state index in [2.05, 4.69) is 38.2 Å². The maximum absolute atomic E-state index is 13.2. The van der Waals surface area contributed by atoms with Crippen molar-refractivity contribution in [1.82, 2.24) is 24.6 Å². The van der Waals surface area contributed by atoms with Gasteiger partial charge in [0.2, 0.25) is 5.91 Å². The molecule has 2 aliphatic rings. The zero-order valence-electron chi connectivity index (χ0n) is 16.4. The first kappa shape index (κ1) is 18.3. The minimum absolute atomic E-state index is 0.00790. The molecule has 8 heteroatoms. The van der Waals surface area contributed by atoms with Crippen molar-refractivity contribution in [2.75, 3.05) is 24.5 Å². The standard InChI is InChI=1S/C22H21N7O/c23-11-19-22(25-9-8-24-19)27-12-17-13-29(20(30)15-28-10-4-7-26-28)21(18(17)14-27)16-5-2-1-3-6-16/h1-10,17-18,21H,12-15H2/t17-,18-,21-/m0/s1. The molecule has 0 radical (unpaired) electrons. The van der Waals surface area contributed by atoms with Crippen molar-refractivity contribution in [2.24, 2.45) is 11.8 Å². The average molecular weight is 399 g/mol. The van der Waals surface area contributed by atoms with E-state index < -0.39 is 0 Å². The molecule has 1 amide bonds. The Bertz CT molecular complexity index is 1080. The quantitative estimate of drug-likeness (QED) is 0.665. The van der Waals surface area contributed by atoms with E-state index in [1.54, 1.807) is 23.3 Å². The topological polar surface area (TPSA) is 90.9 Å². The fourth-order valence-corrected chi connectivity index (χ4v) is 4.82. The number of nitriles is 1. The molecule has 4 heterocycles. The molecule has 0 N–H and O–H groups in total. The largest absolute Gasteiger partial charge is 0.353 e. The van der Waals surface area contributed by atoms with Crippen LogP contribution in [0.25, 0.3) is 0 Å². The number of hydrogen-bond acceptors (Lipinski definition) is 6. The van der Waals surface area contributed by atoms with Gasteiger partial charge in [0, 0.05) is 56.3 Å². The lowest BCUT2D eigenvalue weighted by molar-refractivity contribution is -0.133. The number of fused-ring (bicyclic) bond motifs is 1. The third kappa shape index (κ3) is 3.18. The highest BCUT2D eigenvalue weighted by atomic mass is 16.2. The molecule has 30 heavy (non-hydrogen) atoms. The fraction of sp³-hybridized carbons (Fsp3) is 0.318. The first-order chi connectivity index (χ1) is 14.7. The number of hydrogen-bond donors (Lipinski definition) is 0. The second-order valence-electron chi connectivity index (χ2n) is 7.77. The first-order valence-electron chi connectivity index (χ1n) is 10.0. The maximum atomic E-state index is 13.2. The van der Waals surface area contributed by atoms with Gasteiger partial charge in [0.1, 0.15) is 12.6 Å². The minimum Gasteiger partial charge on any atom is -0.353 e. The Morgan fingerprint density at radius 2 is 1.90 bits per heavy atom. The lowest BCUT2D eigenvalue weighted by Gasteiger charge is -2.30. The molecule has 2 fully saturated rings. The number of likely N-dealkylation sites (tertiary alicyclic amines) is 1. The predicted molar refractivity (Wildman–Crippen MR) is 109 cm³/mol. The van der Waals surface area contributed by atoms with Gasteiger partial charge in [-0.25, -0.2) is 9.97 Å². The molecule has 3 atom stereocenters. The molecule has 0 saturated carbocycles. The first-order valence-corrected chi connectivity index (χ1v) is 10.0. The summed E-state index contributed by atoms with van der Waals surface area (Å²) < 4.78 is 1.67. The monoisotopic (exact) mass is 399 g/mol. The van der Waals surface area contributed by atoms with Crippen molar-refractivity contribution in [3.63, 3.8) is 0 Å². The molecule has 5 rings (SSSR count). The van der Waals surface area contributed by atoms with Crippen LogP contribution in [-0.4, -0.2) is 50.2 Å². The molecule has 1 aromatic carbocycles. The van der Waals surface area contributed by atoms with Crippen molar-refractivity contribution in [3.8, 4) is 6.07 Å². The van der Waals surface area contributed by atoms with Crippen molar-refractivity contribution in [2.45, 2.75) is 12.6 Å². The Hall–Kier alpha value is -3.73. The highest BCUT2D eigenvalue weighted by Crippen LogP contribution is 2.46. The average Bonchev–Trinajstić information content (AvgIpc) is 3.50. The summed E-state index contributed by atoms with van der Waals surface area (Å²) in [6, 6.07) is 14.2. The van der Waals surface area contributed by atoms with Crippen LogP contribution in [0.15, 0.2) is 61.2 Å². The number of carbonyl (C=O) groups is 1. The smallest absolute Gasteiger partial charge is 0.244 e. The van der Waals surface area contributed by atoms with Gasteiger partial charge >= 0.3 is 0 Å². The second-order valence-corrected chi connectivity index (χ2v) is 7.77. The molecule has 3 aromatic rings. The SMILES string of the molecule is N#Cc1nccnc1N1C[C@H]2CN(C(=O)Cn3cccn3)[C@@H](c3ccccc3)[C@H]2C1. The van der Waals surface area contributed by atoms with Gasteiger partial charge in [-0.2, -0.15) is 10.4 Å². The third-order valence-electron chi connectivity index (χ3n) is 6.07. The zero-order chi connectivity index (χ0) is 20.5. The fourth-order valence-electron chi connectivity index (χ4n) is 4.82. The maximum Gasteiger partial charge on any atom is 0.244 e. The van der Waals surface area contributed by atoms with E-state index in [1.807, 2.05) is 35.4 Å². The van der Waals surface area contributed by atoms with E-state index in [4.69, 9.17) is 0 Å². The predicted octanol–water partition coefficient (Wildman–Crippen LogP) is 1.88. The summed E-state index contributed by atoms with van der Waals surface area (Å²) in [6.07, 6.45) is 6.66. The number of carbonyl (C=O) groups excluding carboxylic acids is 1. The molecule has 8 nitrogen and oxygen atoms in total. The summed E-state index contributed by atoms with van der Waals surface area (Å²) in [5.41, 5.74) is 1.49. The Morgan fingerprint density at radius 1 is 1.07 bits per heavy atom. The Balaban J connectivity index is 1.43. The zero-order valence-corrected chi connectivity index (χ0v) is 16.4. The van der Waals surface area contributed by atoms with Gasteiger partial charge in [-0.3, -0.25) is 9.48 Å². The Kier molecular flexibility index (Phi) is 4.64. The van der Waals surface area contributed by atoms with Crippen LogP contribution in [0.3, 0.4) is 0 Å². The number of aromatic nitrogens is 4. The summed E-state index contributed by atoms with van der Waals surface area (Å²) in [6.45, 7) is 2.42. The molecule has 2 saturated heterocycles. The van der Waals surface area contributed by atoms with Crippen LogP contribution in [0.2, 0.25) is 0 Å². The van der Waals surface area contributed by atoms with Gasteiger partial charge in [-0.05, 0) is 11.6 Å². The van der Waals surface area contributed by atoms with Gasteiger partial charge in [-0.15, -0.1) is 0 Å². The van der Waals surface area contributed by atoms with Crippen LogP contribution in [-0.2, 0) is 11.3 Å². The molecule has 0 spiro atoms. The van der Waals surface area contributed by atoms with Crippen molar-refractivity contribution < 1.29 is 4.79 Å². The van der Waals surface area contributed by atoms with E-state index >= 15 is 0 Å². The highest BCUT2D eigenvalue weighted by molar-refractivity contribution is 5.77. The Morgan fingerprint density at radius 3 is 2.67 bits per heavy atom. The molecule has 2 aliphatic heterocycles. The van der Waals surface area contributed by atoms with Crippen LogP contribution in [0.1, 0.15) is 17.3 Å². The van der Waals surface area contributed by atoms with Crippen LogP contribution in [0.4, 0.5) is 5.82 Å². The van der Waals surface area contributed by atoms with E-state index in [-0.39, 0.29) is 24.4 Å². The van der Waals surface area contributed by atoms with Gasteiger partial charge in [0.05, 0.1) is 6.04 Å². The number of rotatable bonds is 4.